The molecule has 0 unspecified atom stereocenters. The van der Waals surface area contributed by atoms with Gasteiger partial charge in [0.15, 0.2) is 0 Å². The summed E-state index contributed by atoms with van der Waals surface area (Å²) in [5.41, 5.74) is 0. The van der Waals surface area contributed by atoms with Gasteiger partial charge in [-0.3, -0.25) is 4.79 Å². The van der Waals surface area contributed by atoms with Crippen LogP contribution in [0.1, 0.15) is 6.42 Å². The number of carbonyl (C=O) groups is 1. The fourth-order valence-electron chi connectivity index (χ4n) is 1.24. The Morgan fingerprint density at radius 3 is 2.94 bits per heavy atom. The third-order valence-corrected chi connectivity index (χ3v) is 2.09. The van der Waals surface area contributed by atoms with Crippen LogP contribution in [0.2, 0.25) is 0 Å². The summed E-state index contributed by atoms with van der Waals surface area (Å²) in [6, 6.07) is 5.91. The zero-order valence-electron chi connectivity index (χ0n) is 9.83. The average molecular weight is 240 g/mol. The lowest BCUT2D eigenvalue weighted by Gasteiger charge is -2.07. The maximum Gasteiger partial charge on any atom is 0.221 e. The Hall–Kier alpha value is -1.62. The second kappa shape index (κ2) is 7.62. The van der Waals surface area contributed by atoms with Crippen molar-refractivity contribution in [3.8, 4) is 5.75 Å². The van der Waals surface area contributed by atoms with Gasteiger partial charge >= 0.3 is 0 Å². The molecule has 0 spiro atoms. The number of benzene rings is 1. The van der Waals surface area contributed by atoms with Gasteiger partial charge in [-0.25, -0.2) is 4.39 Å². The highest BCUT2D eigenvalue weighted by molar-refractivity contribution is 5.75. The van der Waals surface area contributed by atoms with Crippen molar-refractivity contribution >= 4 is 5.91 Å². The van der Waals surface area contributed by atoms with E-state index in [1.165, 1.54) is 12.1 Å². The minimum Gasteiger partial charge on any atom is -0.492 e. The Balaban J connectivity index is 2.14. The second-order valence-electron chi connectivity index (χ2n) is 3.51. The van der Waals surface area contributed by atoms with Gasteiger partial charge in [-0.05, 0) is 19.2 Å². The molecule has 0 bridgehead atoms. The zero-order valence-corrected chi connectivity index (χ0v) is 9.83. The molecule has 17 heavy (non-hydrogen) atoms. The SMILES string of the molecule is CNCCC(=O)NCCOc1cccc(F)c1. The highest BCUT2D eigenvalue weighted by atomic mass is 19.1. The van der Waals surface area contributed by atoms with Gasteiger partial charge in [0, 0.05) is 19.0 Å². The van der Waals surface area contributed by atoms with E-state index in [4.69, 9.17) is 4.74 Å². The minimum absolute atomic E-state index is 0.0257. The summed E-state index contributed by atoms with van der Waals surface area (Å²) in [7, 11) is 1.79. The summed E-state index contributed by atoms with van der Waals surface area (Å²) in [5, 5.41) is 5.59. The first-order chi connectivity index (χ1) is 8.22. The number of amides is 1. The van der Waals surface area contributed by atoms with Gasteiger partial charge in [0.1, 0.15) is 18.2 Å². The highest BCUT2D eigenvalue weighted by Gasteiger charge is 1.99. The second-order valence-corrected chi connectivity index (χ2v) is 3.51. The fraction of sp³-hybridized carbons (Fsp3) is 0.417. The lowest BCUT2D eigenvalue weighted by molar-refractivity contribution is -0.121. The lowest BCUT2D eigenvalue weighted by Crippen LogP contribution is -2.30. The number of ether oxygens (including phenoxy) is 1. The lowest BCUT2D eigenvalue weighted by atomic mass is 10.3. The van der Waals surface area contributed by atoms with Crippen LogP contribution in [0, 0.1) is 5.82 Å². The van der Waals surface area contributed by atoms with Gasteiger partial charge in [-0.2, -0.15) is 0 Å². The van der Waals surface area contributed by atoms with E-state index < -0.39 is 0 Å². The Morgan fingerprint density at radius 2 is 2.24 bits per heavy atom. The van der Waals surface area contributed by atoms with E-state index in [1.807, 2.05) is 0 Å². The smallest absolute Gasteiger partial charge is 0.221 e. The van der Waals surface area contributed by atoms with E-state index >= 15 is 0 Å². The molecule has 0 saturated carbocycles. The van der Waals surface area contributed by atoms with Crippen molar-refractivity contribution in [1.82, 2.24) is 10.6 Å². The molecule has 1 amide bonds. The molecule has 94 valence electrons. The first kappa shape index (κ1) is 13.4. The summed E-state index contributed by atoms with van der Waals surface area (Å²) < 4.78 is 18.1. The molecular formula is C12H17FN2O2. The molecule has 0 aliphatic rings. The van der Waals surface area contributed by atoms with Crippen molar-refractivity contribution in [3.63, 3.8) is 0 Å². The van der Waals surface area contributed by atoms with Crippen molar-refractivity contribution in [1.29, 1.82) is 0 Å². The van der Waals surface area contributed by atoms with Crippen LogP contribution in [-0.4, -0.2) is 32.7 Å². The number of halogens is 1. The molecule has 4 nitrogen and oxygen atoms in total. The maximum atomic E-state index is 12.8. The van der Waals surface area contributed by atoms with Crippen LogP contribution in [0.5, 0.6) is 5.75 Å². The average Bonchev–Trinajstić information content (AvgIpc) is 2.32. The molecule has 1 aromatic carbocycles. The molecule has 0 heterocycles. The predicted octanol–water partition coefficient (Wildman–Crippen LogP) is 0.930. The maximum absolute atomic E-state index is 12.8. The molecular weight excluding hydrogens is 223 g/mol. The quantitative estimate of drug-likeness (QED) is 0.697. The molecule has 0 fully saturated rings. The van der Waals surface area contributed by atoms with Crippen LogP contribution in [0.4, 0.5) is 4.39 Å². The van der Waals surface area contributed by atoms with Crippen molar-refractivity contribution in [2.24, 2.45) is 0 Å². The number of rotatable bonds is 7. The van der Waals surface area contributed by atoms with E-state index in [0.717, 1.165) is 0 Å². The van der Waals surface area contributed by atoms with Crippen LogP contribution in [0.25, 0.3) is 0 Å². The number of carbonyl (C=O) groups excluding carboxylic acids is 1. The van der Waals surface area contributed by atoms with Gasteiger partial charge in [0.05, 0.1) is 6.54 Å². The molecule has 5 heteroatoms. The van der Waals surface area contributed by atoms with Gasteiger partial charge in [0.25, 0.3) is 0 Å². The van der Waals surface area contributed by atoms with E-state index in [1.54, 1.807) is 19.2 Å². The Bertz CT molecular complexity index is 358. The Labute approximate surface area is 100 Å². The fourth-order valence-corrected chi connectivity index (χ4v) is 1.24. The normalized spacial score (nSPS) is 10.0. The molecule has 0 aliphatic heterocycles. The zero-order chi connectivity index (χ0) is 12.5. The van der Waals surface area contributed by atoms with Crippen molar-refractivity contribution < 1.29 is 13.9 Å². The first-order valence-electron chi connectivity index (χ1n) is 5.52. The predicted molar refractivity (Wildman–Crippen MR) is 63.4 cm³/mol. The van der Waals surface area contributed by atoms with E-state index in [-0.39, 0.29) is 11.7 Å². The van der Waals surface area contributed by atoms with Gasteiger partial charge in [-0.1, -0.05) is 6.07 Å². The van der Waals surface area contributed by atoms with Crippen LogP contribution in [-0.2, 0) is 4.79 Å². The summed E-state index contributed by atoms with van der Waals surface area (Å²) in [4.78, 5) is 11.2. The summed E-state index contributed by atoms with van der Waals surface area (Å²) in [6.45, 7) is 1.39. The molecule has 1 rings (SSSR count). The van der Waals surface area contributed by atoms with Crippen molar-refractivity contribution in [2.45, 2.75) is 6.42 Å². The van der Waals surface area contributed by atoms with E-state index in [9.17, 15) is 9.18 Å². The summed E-state index contributed by atoms with van der Waals surface area (Å²) >= 11 is 0. The molecule has 0 aromatic heterocycles. The van der Waals surface area contributed by atoms with Crippen LogP contribution in [0.15, 0.2) is 24.3 Å². The molecule has 0 radical (unpaired) electrons. The molecule has 2 N–H and O–H groups in total. The first-order valence-corrected chi connectivity index (χ1v) is 5.52. The molecule has 0 atom stereocenters. The Kier molecular flexibility index (Phi) is 6.03. The Morgan fingerprint density at radius 1 is 1.41 bits per heavy atom. The van der Waals surface area contributed by atoms with E-state index in [2.05, 4.69) is 10.6 Å². The summed E-state index contributed by atoms with van der Waals surface area (Å²) in [6.07, 6.45) is 0.441. The van der Waals surface area contributed by atoms with Gasteiger partial charge < -0.3 is 15.4 Å². The number of hydrogen-bond acceptors (Lipinski definition) is 3. The van der Waals surface area contributed by atoms with E-state index in [0.29, 0.717) is 31.9 Å². The monoisotopic (exact) mass is 240 g/mol. The largest absolute Gasteiger partial charge is 0.492 e. The van der Waals surface area contributed by atoms with Gasteiger partial charge in [0.2, 0.25) is 5.91 Å². The topological polar surface area (TPSA) is 50.4 Å². The van der Waals surface area contributed by atoms with Gasteiger partial charge in [-0.15, -0.1) is 0 Å². The van der Waals surface area contributed by atoms with Crippen LogP contribution in [0.3, 0.4) is 0 Å². The van der Waals surface area contributed by atoms with Crippen LogP contribution >= 0.6 is 0 Å². The number of hydrogen-bond donors (Lipinski definition) is 2. The van der Waals surface area contributed by atoms with Crippen molar-refractivity contribution in [3.05, 3.63) is 30.1 Å². The minimum atomic E-state index is -0.333. The molecule has 0 aliphatic carbocycles. The summed E-state index contributed by atoms with van der Waals surface area (Å²) in [5.74, 6) is 0.109. The third-order valence-electron chi connectivity index (χ3n) is 2.09. The molecule has 0 saturated heterocycles. The van der Waals surface area contributed by atoms with Crippen molar-refractivity contribution in [2.75, 3.05) is 26.7 Å². The number of nitrogens with one attached hydrogen (secondary N) is 2. The standard InChI is InChI=1S/C12H17FN2O2/c1-14-6-5-12(16)15-7-8-17-11-4-2-3-10(13)9-11/h2-4,9,14H,5-8H2,1H3,(H,15,16). The highest BCUT2D eigenvalue weighted by Crippen LogP contribution is 2.11. The molecule has 1 aromatic rings. The third kappa shape index (κ3) is 5.87. The van der Waals surface area contributed by atoms with Crippen LogP contribution < -0.4 is 15.4 Å².